The summed E-state index contributed by atoms with van der Waals surface area (Å²) in [5.74, 6) is 0.670. The van der Waals surface area contributed by atoms with Crippen LogP contribution in [-0.2, 0) is 10.0 Å². The van der Waals surface area contributed by atoms with Crippen molar-refractivity contribution in [1.29, 1.82) is 0 Å². The Hall–Kier alpha value is -2.50. The van der Waals surface area contributed by atoms with Crippen LogP contribution in [0.15, 0.2) is 77.7 Å². The van der Waals surface area contributed by atoms with Crippen molar-refractivity contribution in [3.8, 4) is 5.75 Å². The van der Waals surface area contributed by atoms with E-state index in [-0.39, 0.29) is 4.90 Å². The Morgan fingerprint density at radius 2 is 1.64 bits per heavy atom. The van der Waals surface area contributed by atoms with Crippen LogP contribution in [0.1, 0.15) is 24.1 Å². The minimum atomic E-state index is -3.82. The molecule has 0 bridgehead atoms. The molecule has 0 fully saturated rings. The molecule has 0 spiro atoms. The van der Waals surface area contributed by atoms with Crippen LogP contribution in [0.25, 0.3) is 0 Å². The van der Waals surface area contributed by atoms with Gasteiger partial charge in [0.2, 0.25) is 0 Å². The average molecular weight is 416 g/mol. The van der Waals surface area contributed by atoms with E-state index >= 15 is 0 Å². The van der Waals surface area contributed by atoms with Crippen molar-refractivity contribution in [3.05, 3.63) is 88.9 Å². The van der Waals surface area contributed by atoms with Crippen molar-refractivity contribution < 1.29 is 13.2 Å². The third kappa shape index (κ3) is 4.16. The van der Waals surface area contributed by atoms with Crippen molar-refractivity contribution in [2.75, 3.05) is 11.4 Å². The molecule has 0 N–H and O–H groups in total. The quantitative estimate of drug-likeness (QED) is 0.525. The molecule has 0 aliphatic rings. The molecule has 0 amide bonds. The van der Waals surface area contributed by atoms with E-state index in [4.69, 9.17) is 16.3 Å². The summed E-state index contributed by atoms with van der Waals surface area (Å²) in [6.07, 6.45) is 0. The van der Waals surface area contributed by atoms with E-state index in [0.29, 0.717) is 16.5 Å². The maximum Gasteiger partial charge on any atom is 0.264 e. The third-order valence-corrected chi connectivity index (χ3v) is 6.72. The van der Waals surface area contributed by atoms with Gasteiger partial charge in [0.15, 0.2) is 0 Å². The fourth-order valence-corrected chi connectivity index (χ4v) is 4.87. The van der Waals surface area contributed by atoms with Gasteiger partial charge in [0.1, 0.15) is 5.75 Å². The molecule has 3 rings (SSSR count). The van der Waals surface area contributed by atoms with E-state index in [1.807, 2.05) is 38.1 Å². The highest BCUT2D eigenvalue weighted by atomic mass is 35.5. The molecule has 3 aromatic carbocycles. The monoisotopic (exact) mass is 415 g/mol. The number of hydrogen-bond acceptors (Lipinski definition) is 3. The zero-order chi connectivity index (χ0) is 20.3. The molecule has 0 aromatic heterocycles. The summed E-state index contributed by atoms with van der Waals surface area (Å²) < 4.78 is 33.9. The van der Waals surface area contributed by atoms with Crippen molar-refractivity contribution in [2.45, 2.75) is 24.8 Å². The minimum absolute atomic E-state index is 0.229. The molecular formula is C22H22ClNO3S. The second-order valence-electron chi connectivity index (χ2n) is 6.55. The zero-order valence-electron chi connectivity index (χ0n) is 16.0. The molecule has 0 aliphatic carbocycles. The molecule has 4 nitrogen and oxygen atoms in total. The van der Waals surface area contributed by atoms with Gasteiger partial charge in [0.25, 0.3) is 10.0 Å². The fourth-order valence-electron chi connectivity index (χ4n) is 3.04. The Labute approximate surface area is 171 Å². The molecule has 0 saturated heterocycles. The summed E-state index contributed by atoms with van der Waals surface area (Å²) in [6.45, 7) is 3.77. The highest BCUT2D eigenvalue weighted by Gasteiger charge is 2.30. The van der Waals surface area contributed by atoms with Crippen molar-refractivity contribution in [2.24, 2.45) is 0 Å². The Morgan fingerprint density at radius 3 is 2.29 bits per heavy atom. The Balaban J connectivity index is 2.15. The van der Waals surface area contributed by atoms with Gasteiger partial charge in [0.05, 0.1) is 23.7 Å². The fraction of sp³-hybridized carbons (Fsp3) is 0.182. The minimum Gasteiger partial charge on any atom is -0.497 e. The third-order valence-electron chi connectivity index (χ3n) is 4.57. The summed E-state index contributed by atoms with van der Waals surface area (Å²) in [5, 5.41) is 0.472. The first-order chi connectivity index (χ1) is 13.3. The number of benzene rings is 3. The van der Waals surface area contributed by atoms with Crippen LogP contribution in [0.4, 0.5) is 5.69 Å². The van der Waals surface area contributed by atoms with Crippen molar-refractivity contribution in [1.82, 2.24) is 0 Å². The SMILES string of the molecule is COc1cccc(C(C)N(c2cccc(Cl)c2)S(=O)(=O)c2ccc(C)cc2)c1. The predicted octanol–water partition coefficient (Wildman–Crippen LogP) is 5.61. The summed E-state index contributed by atoms with van der Waals surface area (Å²) in [6, 6.07) is 20.6. The smallest absolute Gasteiger partial charge is 0.264 e. The Kier molecular flexibility index (Phi) is 5.96. The Bertz CT molecular complexity index is 1070. The maximum absolute atomic E-state index is 13.6. The molecule has 1 unspecified atom stereocenters. The van der Waals surface area contributed by atoms with Gasteiger partial charge in [-0.1, -0.05) is 47.5 Å². The van der Waals surface area contributed by atoms with Crippen LogP contribution in [0.5, 0.6) is 5.75 Å². The molecule has 146 valence electrons. The highest BCUT2D eigenvalue weighted by molar-refractivity contribution is 7.92. The predicted molar refractivity (Wildman–Crippen MR) is 114 cm³/mol. The number of hydrogen-bond donors (Lipinski definition) is 0. The second kappa shape index (κ2) is 8.25. The van der Waals surface area contributed by atoms with Gasteiger partial charge in [-0.3, -0.25) is 4.31 Å². The maximum atomic E-state index is 13.6. The zero-order valence-corrected chi connectivity index (χ0v) is 17.5. The van der Waals surface area contributed by atoms with E-state index in [0.717, 1.165) is 11.1 Å². The normalized spacial score (nSPS) is 12.4. The topological polar surface area (TPSA) is 46.6 Å². The van der Waals surface area contributed by atoms with Gasteiger partial charge in [0, 0.05) is 5.02 Å². The number of halogens is 1. The van der Waals surface area contributed by atoms with E-state index in [1.165, 1.54) is 4.31 Å². The molecule has 0 radical (unpaired) electrons. The van der Waals surface area contributed by atoms with Crippen LogP contribution < -0.4 is 9.04 Å². The number of ether oxygens (including phenoxy) is 1. The van der Waals surface area contributed by atoms with Crippen LogP contribution in [0.3, 0.4) is 0 Å². The van der Waals surface area contributed by atoms with E-state index < -0.39 is 16.1 Å². The van der Waals surface area contributed by atoms with Crippen LogP contribution in [0, 0.1) is 6.92 Å². The summed E-state index contributed by atoms with van der Waals surface area (Å²) >= 11 is 6.16. The molecule has 6 heteroatoms. The van der Waals surface area contributed by atoms with E-state index in [9.17, 15) is 8.42 Å². The Morgan fingerprint density at radius 1 is 0.964 bits per heavy atom. The van der Waals surface area contributed by atoms with Crippen LogP contribution in [-0.4, -0.2) is 15.5 Å². The average Bonchev–Trinajstić information content (AvgIpc) is 2.68. The van der Waals surface area contributed by atoms with Gasteiger partial charge < -0.3 is 4.74 Å². The lowest BCUT2D eigenvalue weighted by Gasteiger charge is -2.31. The number of aryl methyl sites for hydroxylation is 1. The second-order valence-corrected chi connectivity index (χ2v) is 8.80. The largest absolute Gasteiger partial charge is 0.497 e. The molecule has 0 saturated carbocycles. The summed E-state index contributed by atoms with van der Waals surface area (Å²) in [4.78, 5) is 0.229. The van der Waals surface area contributed by atoms with Gasteiger partial charge in [-0.05, 0) is 61.9 Å². The number of nitrogens with zero attached hydrogens (tertiary/aromatic N) is 1. The molecule has 0 heterocycles. The first kappa shape index (κ1) is 20.2. The molecule has 0 aliphatic heterocycles. The first-order valence-corrected chi connectivity index (χ1v) is 10.7. The molecule has 3 aromatic rings. The van der Waals surface area contributed by atoms with Crippen LogP contribution in [0.2, 0.25) is 5.02 Å². The lowest BCUT2D eigenvalue weighted by Crippen LogP contribution is -2.33. The highest BCUT2D eigenvalue weighted by Crippen LogP contribution is 2.35. The van der Waals surface area contributed by atoms with Gasteiger partial charge in [-0.25, -0.2) is 8.42 Å². The molecule has 1 atom stereocenters. The molecule has 28 heavy (non-hydrogen) atoms. The van der Waals surface area contributed by atoms with Crippen molar-refractivity contribution in [3.63, 3.8) is 0 Å². The summed E-state index contributed by atoms with van der Waals surface area (Å²) in [7, 11) is -2.24. The van der Waals surface area contributed by atoms with Gasteiger partial charge >= 0.3 is 0 Å². The van der Waals surface area contributed by atoms with E-state index in [2.05, 4.69) is 0 Å². The number of sulfonamides is 1. The van der Waals surface area contributed by atoms with E-state index in [1.54, 1.807) is 55.6 Å². The van der Waals surface area contributed by atoms with Crippen molar-refractivity contribution >= 4 is 27.3 Å². The number of methoxy groups -OCH3 is 1. The van der Waals surface area contributed by atoms with Crippen LogP contribution >= 0.6 is 11.6 Å². The van der Waals surface area contributed by atoms with Gasteiger partial charge in [-0.15, -0.1) is 0 Å². The number of rotatable bonds is 6. The standard InChI is InChI=1S/C22H22ClNO3S/c1-16-10-12-22(13-11-16)28(25,26)24(20-8-5-7-19(23)15-20)17(2)18-6-4-9-21(14-18)27-3/h4-15,17H,1-3H3. The first-order valence-electron chi connectivity index (χ1n) is 8.83. The van der Waals surface area contributed by atoms with Gasteiger partial charge in [-0.2, -0.15) is 0 Å². The lowest BCUT2D eigenvalue weighted by atomic mass is 10.1. The summed E-state index contributed by atoms with van der Waals surface area (Å²) in [5.41, 5.74) is 2.31. The lowest BCUT2D eigenvalue weighted by molar-refractivity contribution is 0.414. The number of anilines is 1. The molecular weight excluding hydrogens is 394 g/mol.